The fourth-order valence-electron chi connectivity index (χ4n) is 2.87. The summed E-state index contributed by atoms with van der Waals surface area (Å²) in [5.41, 5.74) is 0. The third-order valence-corrected chi connectivity index (χ3v) is 4.07. The number of nitrogens with one attached hydrogen (secondary N) is 1. The summed E-state index contributed by atoms with van der Waals surface area (Å²) in [6, 6.07) is 0.505. The van der Waals surface area contributed by atoms with E-state index >= 15 is 0 Å². The average Bonchev–Trinajstić information content (AvgIpc) is 2.40. The lowest BCUT2D eigenvalue weighted by Gasteiger charge is -2.28. The number of hydrogen-bond donors (Lipinski definition) is 1. The van der Waals surface area contributed by atoms with E-state index in [9.17, 15) is 0 Å². The SMILES string of the molecule is CCCCCCCCCCC(NC)C(OC)C(C)C. The largest absolute Gasteiger partial charge is 0.380 e. The first-order valence-electron chi connectivity index (χ1n) is 8.37. The Hall–Kier alpha value is -0.0800. The predicted octanol–water partition coefficient (Wildman–Crippen LogP) is 4.78. The van der Waals surface area contributed by atoms with Crippen LogP contribution in [0.5, 0.6) is 0 Å². The minimum Gasteiger partial charge on any atom is -0.380 e. The molecule has 0 radical (unpaired) electrons. The van der Waals surface area contributed by atoms with Gasteiger partial charge >= 0.3 is 0 Å². The fraction of sp³-hybridized carbons (Fsp3) is 1.00. The van der Waals surface area contributed by atoms with Crippen LogP contribution >= 0.6 is 0 Å². The molecule has 116 valence electrons. The van der Waals surface area contributed by atoms with Crippen molar-refractivity contribution in [2.24, 2.45) is 5.92 Å². The molecule has 0 aromatic carbocycles. The van der Waals surface area contributed by atoms with Crippen LogP contribution in [0.25, 0.3) is 0 Å². The first-order valence-corrected chi connectivity index (χ1v) is 8.37. The normalized spacial score (nSPS) is 14.8. The Bertz CT molecular complexity index is 182. The van der Waals surface area contributed by atoms with Crippen molar-refractivity contribution in [3.05, 3.63) is 0 Å². The molecule has 0 aliphatic rings. The van der Waals surface area contributed by atoms with E-state index in [2.05, 4.69) is 33.1 Å². The highest BCUT2D eigenvalue weighted by Crippen LogP contribution is 2.16. The number of methoxy groups -OCH3 is 1. The summed E-state index contributed by atoms with van der Waals surface area (Å²) in [6.07, 6.45) is 12.7. The van der Waals surface area contributed by atoms with Crippen LogP contribution in [-0.2, 0) is 4.74 Å². The Morgan fingerprint density at radius 1 is 0.895 bits per heavy atom. The highest BCUT2D eigenvalue weighted by Gasteiger charge is 2.22. The molecule has 2 heteroatoms. The zero-order chi connectivity index (χ0) is 14.5. The second-order valence-corrected chi connectivity index (χ2v) is 6.10. The highest BCUT2D eigenvalue weighted by molar-refractivity contribution is 4.78. The summed E-state index contributed by atoms with van der Waals surface area (Å²) < 4.78 is 5.62. The molecule has 0 saturated carbocycles. The van der Waals surface area contributed by atoms with Gasteiger partial charge in [-0.15, -0.1) is 0 Å². The number of rotatable bonds is 13. The molecule has 2 nitrogen and oxygen atoms in total. The van der Waals surface area contributed by atoms with Gasteiger partial charge in [0.2, 0.25) is 0 Å². The van der Waals surface area contributed by atoms with Gasteiger partial charge in [-0.05, 0) is 19.4 Å². The van der Waals surface area contributed by atoms with Crippen molar-refractivity contribution in [2.75, 3.05) is 14.2 Å². The topological polar surface area (TPSA) is 21.3 Å². The molecule has 0 heterocycles. The van der Waals surface area contributed by atoms with Gasteiger partial charge in [0.25, 0.3) is 0 Å². The van der Waals surface area contributed by atoms with Crippen molar-refractivity contribution in [3.63, 3.8) is 0 Å². The van der Waals surface area contributed by atoms with E-state index in [1.165, 1.54) is 57.8 Å². The third-order valence-electron chi connectivity index (χ3n) is 4.07. The van der Waals surface area contributed by atoms with Gasteiger partial charge in [0.05, 0.1) is 6.10 Å². The lowest BCUT2D eigenvalue weighted by Crippen LogP contribution is -2.41. The standard InChI is InChI=1S/C17H37NO/c1-6-7-8-9-10-11-12-13-14-16(18-4)17(19-5)15(2)3/h15-18H,6-14H2,1-5H3. The molecule has 0 bridgehead atoms. The average molecular weight is 271 g/mol. The van der Waals surface area contributed by atoms with E-state index < -0.39 is 0 Å². The molecule has 2 atom stereocenters. The smallest absolute Gasteiger partial charge is 0.0746 e. The van der Waals surface area contributed by atoms with E-state index in [-0.39, 0.29) is 0 Å². The summed E-state index contributed by atoms with van der Waals surface area (Å²) in [7, 11) is 3.90. The first kappa shape index (κ1) is 18.9. The van der Waals surface area contributed by atoms with Gasteiger partial charge in [-0.2, -0.15) is 0 Å². The van der Waals surface area contributed by atoms with Crippen LogP contribution in [0.1, 0.15) is 78.6 Å². The first-order chi connectivity index (χ1) is 9.17. The Labute approximate surface area is 121 Å². The molecule has 0 aromatic rings. The second kappa shape index (κ2) is 12.9. The van der Waals surface area contributed by atoms with E-state index in [0.29, 0.717) is 18.1 Å². The van der Waals surface area contributed by atoms with Crippen molar-refractivity contribution in [3.8, 4) is 0 Å². The van der Waals surface area contributed by atoms with Crippen LogP contribution in [0.3, 0.4) is 0 Å². The molecule has 0 aliphatic heterocycles. The maximum atomic E-state index is 5.62. The maximum Gasteiger partial charge on any atom is 0.0746 e. The number of hydrogen-bond acceptors (Lipinski definition) is 2. The third kappa shape index (κ3) is 9.45. The van der Waals surface area contributed by atoms with Crippen LogP contribution in [0, 0.1) is 5.92 Å². The van der Waals surface area contributed by atoms with E-state index in [4.69, 9.17) is 4.74 Å². The summed E-state index contributed by atoms with van der Waals surface area (Å²) >= 11 is 0. The van der Waals surface area contributed by atoms with Gasteiger partial charge in [0.1, 0.15) is 0 Å². The molecule has 0 aliphatic carbocycles. The number of likely N-dealkylation sites (N-methyl/N-ethyl adjacent to an activating group) is 1. The molecule has 1 N–H and O–H groups in total. The van der Waals surface area contributed by atoms with E-state index in [1.54, 1.807) is 0 Å². The van der Waals surface area contributed by atoms with E-state index in [1.807, 2.05) is 7.11 Å². The second-order valence-electron chi connectivity index (χ2n) is 6.10. The number of ether oxygens (including phenoxy) is 1. The minimum atomic E-state index is 0.342. The molecule has 2 unspecified atom stereocenters. The highest BCUT2D eigenvalue weighted by atomic mass is 16.5. The van der Waals surface area contributed by atoms with Gasteiger partial charge in [0.15, 0.2) is 0 Å². The van der Waals surface area contributed by atoms with Gasteiger partial charge in [-0.1, -0.05) is 72.1 Å². The van der Waals surface area contributed by atoms with Crippen molar-refractivity contribution < 1.29 is 4.74 Å². The fourth-order valence-corrected chi connectivity index (χ4v) is 2.87. The zero-order valence-corrected chi connectivity index (χ0v) is 14.0. The summed E-state index contributed by atoms with van der Waals surface area (Å²) in [5, 5.41) is 3.43. The number of unbranched alkanes of at least 4 members (excludes halogenated alkanes) is 7. The van der Waals surface area contributed by atoms with E-state index in [0.717, 1.165) is 0 Å². The zero-order valence-electron chi connectivity index (χ0n) is 14.0. The Balaban J connectivity index is 3.61. The Morgan fingerprint density at radius 2 is 1.42 bits per heavy atom. The molecule has 0 amide bonds. The van der Waals surface area contributed by atoms with Crippen molar-refractivity contribution in [1.29, 1.82) is 0 Å². The van der Waals surface area contributed by atoms with Crippen LogP contribution in [-0.4, -0.2) is 26.3 Å². The molecule has 0 fully saturated rings. The van der Waals surface area contributed by atoms with Gasteiger partial charge in [0, 0.05) is 13.2 Å². The Kier molecular flexibility index (Phi) is 12.9. The van der Waals surface area contributed by atoms with Crippen molar-refractivity contribution in [1.82, 2.24) is 5.32 Å². The molecule has 0 rings (SSSR count). The predicted molar refractivity (Wildman–Crippen MR) is 85.7 cm³/mol. The molecule has 19 heavy (non-hydrogen) atoms. The monoisotopic (exact) mass is 271 g/mol. The lowest BCUT2D eigenvalue weighted by atomic mass is 9.94. The quantitative estimate of drug-likeness (QED) is 0.487. The van der Waals surface area contributed by atoms with Gasteiger partial charge < -0.3 is 10.1 Å². The Morgan fingerprint density at radius 3 is 1.84 bits per heavy atom. The summed E-state index contributed by atoms with van der Waals surface area (Å²) in [6.45, 7) is 6.76. The minimum absolute atomic E-state index is 0.342. The molecular weight excluding hydrogens is 234 g/mol. The summed E-state index contributed by atoms with van der Waals surface area (Å²) in [5.74, 6) is 0.580. The van der Waals surface area contributed by atoms with Gasteiger partial charge in [-0.3, -0.25) is 0 Å². The van der Waals surface area contributed by atoms with Crippen LogP contribution in [0.4, 0.5) is 0 Å². The molecule has 0 saturated heterocycles. The molecular formula is C17H37NO. The maximum absolute atomic E-state index is 5.62. The molecule has 0 spiro atoms. The lowest BCUT2D eigenvalue weighted by molar-refractivity contribution is 0.0322. The van der Waals surface area contributed by atoms with Crippen LogP contribution in [0.15, 0.2) is 0 Å². The van der Waals surface area contributed by atoms with Crippen molar-refractivity contribution >= 4 is 0 Å². The van der Waals surface area contributed by atoms with Gasteiger partial charge in [-0.25, -0.2) is 0 Å². The van der Waals surface area contributed by atoms with Crippen molar-refractivity contribution in [2.45, 2.75) is 90.7 Å². The van der Waals surface area contributed by atoms with Crippen LogP contribution < -0.4 is 5.32 Å². The van der Waals surface area contributed by atoms with Crippen LogP contribution in [0.2, 0.25) is 0 Å². The molecule has 0 aromatic heterocycles. The summed E-state index contributed by atoms with van der Waals surface area (Å²) in [4.78, 5) is 0.